The maximum atomic E-state index is 12.1. The van der Waals surface area contributed by atoms with Crippen molar-refractivity contribution in [2.24, 2.45) is 0 Å². The number of carbonyl (C=O) groups is 1. The zero-order chi connectivity index (χ0) is 31.5. The van der Waals surface area contributed by atoms with E-state index < -0.39 is 6.09 Å². The highest BCUT2D eigenvalue weighted by Crippen LogP contribution is 2.13. The van der Waals surface area contributed by atoms with E-state index in [4.69, 9.17) is 18.9 Å². The summed E-state index contributed by atoms with van der Waals surface area (Å²) < 4.78 is 23.0. The highest BCUT2D eigenvalue weighted by molar-refractivity contribution is 5.67. The normalized spacial score (nSPS) is 12.2. The van der Waals surface area contributed by atoms with Gasteiger partial charge in [0, 0.05) is 19.8 Å². The van der Waals surface area contributed by atoms with Crippen LogP contribution >= 0.6 is 0 Å². The van der Waals surface area contributed by atoms with Crippen LogP contribution in [0.1, 0.15) is 182 Å². The van der Waals surface area contributed by atoms with Crippen molar-refractivity contribution in [3.05, 3.63) is 0 Å². The van der Waals surface area contributed by atoms with Crippen molar-refractivity contribution >= 4 is 6.09 Å². The quantitative estimate of drug-likeness (QED) is 0.0720. The lowest BCUT2D eigenvalue weighted by atomic mass is 10.1. The molecule has 1 atom stereocenters. The van der Waals surface area contributed by atoms with Crippen LogP contribution < -0.4 is 5.32 Å². The van der Waals surface area contributed by atoms with Crippen LogP contribution in [0.25, 0.3) is 0 Å². The van der Waals surface area contributed by atoms with Crippen LogP contribution in [-0.4, -0.2) is 57.9 Å². The summed E-state index contributed by atoms with van der Waals surface area (Å²) in [5.74, 6) is 0. The van der Waals surface area contributed by atoms with Gasteiger partial charge in [0.15, 0.2) is 0 Å². The van der Waals surface area contributed by atoms with Gasteiger partial charge >= 0.3 is 6.09 Å². The minimum absolute atomic E-state index is 0.151. The largest absolute Gasteiger partial charge is 0.447 e. The Balaban J connectivity index is 3.97. The highest BCUT2D eigenvalue weighted by Gasteiger charge is 2.13. The Morgan fingerprint density at radius 3 is 1.37 bits per heavy atom. The summed E-state index contributed by atoms with van der Waals surface area (Å²) in [4.78, 5) is 12.1. The standard InChI is InChI=1S/C37H75NO5/c1-5-7-9-11-13-15-17-19-21-23-25-27-30-40-33-36(34-43-37(39)38-29-32-41-35(3)4)42-31-28-26-24-22-20-18-16-14-12-10-8-6-2/h35-36H,5-34H2,1-4H3,(H,38,39)/t36-/m1/s1. The summed E-state index contributed by atoms with van der Waals surface area (Å²) in [5.41, 5.74) is 0. The number of ether oxygens (including phenoxy) is 4. The van der Waals surface area contributed by atoms with E-state index in [1.165, 1.54) is 141 Å². The Morgan fingerprint density at radius 2 is 0.930 bits per heavy atom. The topological polar surface area (TPSA) is 66.0 Å². The molecule has 43 heavy (non-hydrogen) atoms. The summed E-state index contributed by atoms with van der Waals surface area (Å²) in [5, 5.41) is 2.75. The molecule has 1 amide bonds. The third-order valence-electron chi connectivity index (χ3n) is 8.02. The van der Waals surface area contributed by atoms with Crippen LogP contribution in [0.3, 0.4) is 0 Å². The van der Waals surface area contributed by atoms with Crippen molar-refractivity contribution in [3.63, 3.8) is 0 Å². The number of amides is 1. The van der Waals surface area contributed by atoms with Gasteiger partial charge in [-0.2, -0.15) is 0 Å². The minimum Gasteiger partial charge on any atom is -0.447 e. The van der Waals surface area contributed by atoms with Gasteiger partial charge in [-0.1, -0.05) is 155 Å². The van der Waals surface area contributed by atoms with Crippen molar-refractivity contribution in [3.8, 4) is 0 Å². The molecule has 6 nitrogen and oxygen atoms in total. The molecule has 0 radical (unpaired) electrons. The van der Waals surface area contributed by atoms with Crippen molar-refractivity contribution in [2.45, 2.75) is 194 Å². The van der Waals surface area contributed by atoms with Crippen molar-refractivity contribution in [2.75, 3.05) is 39.6 Å². The number of alkyl carbamates (subject to hydrolysis) is 1. The SMILES string of the molecule is CCCCCCCCCCCCCCOC[C@H](COC(=O)NCCOC(C)C)OCCCCCCCCCCCCCC. The maximum absolute atomic E-state index is 12.1. The fraction of sp³-hybridized carbons (Fsp3) is 0.973. The molecule has 0 fully saturated rings. The second-order valence-electron chi connectivity index (χ2n) is 12.8. The van der Waals surface area contributed by atoms with Crippen LogP contribution in [0.15, 0.2) is 0 Å². The molecule has 0 spiro atoms. The fourth-order valence-electron chi connectivity index (χ4n) is 5.26. The molecule has 0 saturated carbocycles. The molecule has 0 aliphatic heterocycles. The van der Waals surface area contributed by atoms with E-state index in [9.17, 15) is 4.79 Å². The molecule has 0 aliphatic rings. The molecule has 0 aromatic carbocycles. The Labute approximate surface area is 268 Å². The average molecular weight is 614 g/mol. The Morgan fingerprint density at radius 1 is 0.512 bits per heavy atom. The number of hydrogen-bond donors (Lipinski definition) is 1. The molecule has 6 heteroatoms. The Kier molecular flexibility index (Phi) is 34.9. The van der Waals surface area contributed by atoms with Gasteiger partial charge in [-0.3, -0.25) is 0 Å². The Bertz CT molecular complexity index is 545. The highest BCUT2D eigenvalue weighted by atomic mass is 16.6. The maximum Gasteiger partial charge on any atom is 0.407 e. The van der Waals surface area contributed by atoms with Gasteiger partial charge in [0.25, 0.3) is 0 Å². The number of carbonyl (C=O) groups excluding carboxylic acids is 1. The van der Waals surface area contributed by atoms with Gasteiger partial charge < -0.3 is 24.3 Å². The first-order chi connectivity index (χ1) is 21.1. The smallest absolute Gasteiger partial charge is 0.407 e. The van der Waals surface area contributed by atoms with Crippen molar-refractivity contribution < 1.29 is 23.7 Å². The summed E-state index contributed by atoms with van der Waals surface area (Å²) in [7, 11) is 0. The fourth-order valence-corrected chi connectivity index (χ4v) is 5.26. The molecule has 0 aliphatic carbocycles. The number of nitrogens with one attached hydrogen (secondary N) is 1. The van der Waals surface area contributed by atoms with Crippen molar-refractivity contribution in [1.29, 1.82) is 0 Å². The molecule has 0 aromatic rings. The van der Waals surface area contributed by atoms with Crippen molar-refractivity contribution in [1.82, 2.24) is 5.32 Å². The van der Waals surface area contributed by atoms with E-state index >= 15 is 0 Å². The molecular formula is C37H75NO5. The molecule has 0 bridgehead atoms. The summed E-state index contributed by atoms with van der Waals surface area (Å²) in [6.07, 6.45) is 31.5. The molecule has 0 rings (SSSR count). The zero-order valence-corrected chi connectivity index (χ0v) is 29.4. The molecule has 0 heterocycles. The molecular weight excluding hydrogens is 538 g/mol. The molecule has 0 aromatic heterocycles. The first-order valence-corrected chi connectivity index (χ1v) is 18.8. The lowest BCUT2D eigenvalue weighted by Crippen LogP contribution is -2.33. The van der Waals surface area contributed by atoms with Crippen LogP contribution in [-0.2, 0) is 18.9 Å². The lowest BCUT2D eigenvalue weighted by Gasteiger charge is -2.18. The number of rotatable bonds is 35. The predicted molar refractivity (Wildman–Crippen MR) is 183 cm³/mol. The third kappa shape index (κ3) is 35.5. The van der Waals surface area contributed by atoms with Crippen LogP contribution in [0.2, 0.25) is 0 Å². The molecule has 0 saturated heterocycles. The van der Waals surface area contributed by atoms with E-state index in [0.717, 1.165) is 19.4 Å². The third-order valence-corrected chi connectivity index (χ3v) is 8.02. The minimum atomic E-state index is -0.424. The Hall–Kier alpha value is -0.850. The molecule has 0 unspecified atom stereocenters. The average Bonchev–Trinajstić information content (AvgIpc) is 3.00. The predicted octanol–water partition coefficient (Wildman–Crippen LogP) is 10.9. The van der Waals surface area contributed by atoms with Gasteiger partial charge in [0.2, 0.25) is 0 Å². The van der Waals surface area contributed by atoms with E-state index in [1.54, 1.807) is 0 Å². The van der Waals surface area contributed by atoms with Crippen LogP contribution in [0.5, 0.6) is 0 Å². The summed E-state index contributed by atoms with van der Waals surface area (Å²) in [6, 6.07) is 0. The summed E-state index contributed by atoms with van der Waals surface area (Å²) >= 11 is 0. The first-order valence-electron chi connectivity index (χ1n) is 18.8. The van der Waals surface area contributed by atoms with E-state index in [2.05, 4.69) is 19.2 Å². The number of unbranched alkanes of at least 4 members (excludes halogenated alkanes) is 22. The van der Waals surface area contributed by atoms with Gasteiger partial charge in [-0.15, -0.1) is 0 Å². The monoisotopic (exact) mass is 614 g/mol. The van der Waals surface area contributed by atoms with Crippen LogP contribution in [0.4, 0.5) is 4.79 Å². The van der Waals surface area contributed by atoms with Crippen LogP contribution in [0, 0.1) is 0 Å². The van der Waals surface area contributed by atoms with E-state index in [0.29, 0.717) is 26.4 Å². The summed E-state index contributed by atoms with van der Waals surface area (Å²) in [6.45, 7) is 11.6. The molecule has 1 N–H and O–H groups in total. The second-order valence-corrected chi connectivity index (χ2v) is 12.8. The van der Waals surface area contributed by atoms with E-state index in [-0.39, 0.29) is 18.8 Å². The van der Waals surface area contributed by atoms with Gasteiger partial charge in [0.05, 0.1) is 19.3 Å². The van der Waals surface area contributed by atoms with Gasteiger partial charge in [-0.25, -0.2) is 4.79 Å². The van der Waals surface area contributed by atoms with Gasteiger partial charge in [0.1, 0.15) is 12.7 Å². The molecule has 258 valence electrons. The second kappa shape index (κ2) is 35.6. The zero-order valence-electron chi connectivity index (χ0n) is 29.4. The lowest BCUT2D eigenvalue weighted by molar-refractivity contribution is -0.0470. The first kappa shape index (κ1) is 42.1. The number of hydrogen-bond acceptors (Lipinski definition) is 5. The van der Waals surface area contributed by atoms with E-state index in [1.807, 2.05) is 13.8 Å². The van der Waals surface area contributed by atoms with Gasteiger partial charge in [-0.05, 0) is 26.7 Å².